The molecule has 0 aliphatic carbocycles. The fourth-order valence-corrected chi connectivity index (χ4v) is 2.70. The first-order valence-corrected chi connectivity index (χ1v) is 6.12. The number of aromatic nitrogens is 2. The third-order valence-electron chi connectivity index (χ3n) is 2.81. The van der Waals surface area contributed by atoms with E-state index in [9.17, 15) is 4.79 Å². The van der Waals surface area contributed by atoms with Gasteiger partial charge in [-0.3, -0.25) is 9.36 Å². The van der Waals surface area contributed by atoms with E-state index in [-0.39, 0.29) is 11.1 Å². The van der Waals surface area contributed by atoms with Crippen LogP contribution in [0.2, 0.25) is 0 Å². The van der Waals surface area contributed by atoms with Crippen LogP contribution < -0.4 is 5.56 Å². The van der Waals surface area contributed by atoms with Crippen LogP contribution in [0.5, 0.6) is 0 Å². The zero-order valence-electron chi connectivity index (χ0n) is 10.3. The molecule has 4 heteroatoms. The number of hydrogen-bond acceptors (Lipinski definition) is 3. The lowest BCUT2D eigenvalue weighted by molar-refractivity contribution is 0.382. The Morgan fingerprint density at radius 2 is 1.94 bits per heavy atom. The second-order valence-electron chi connectivity index (χ2n) is 5.05. The minimum absolute atomic E-state index is 0.0688. The molecular weight excluding hydrogens is 220 g/mol. The molecule has 3 nitrogen and oxygen atoms in total. The van der Waals surface area contributed by atoms with E-state index in [4.69, 9.17) is 0 Å². The maximum Gasteiger partial charge on any atom is 0.262 e. The van der Waals surface area contributed by atoms with Crippen LogP contribution in [0, 0.1) is 13.8 Å². The van der Waals surface area contributed by atoms with Gasteiger partial charge in [0.15, 0.2) is 0 Å². The quantitative estimate of drug-likeness (QED) is 0.705. The summed E-state index contributed by atoms with van der Waals surface area (Å²) in [6, 6.07) is 0. The fourth-order valence-electron chi connectivity index (χ4n) is 1.71. The number of aryl methyl sites for hydroxylation is 2. The molecule has 0 fully saturated rings. The van der Waals surface area contributed by atoms with Crippen LogP contribution in [0.1, 0.15) is 31.2 Å². The number of fused-ring (bicyclic) bond motifs is 1. The van der Waals surface area contributed by atoms with Gasteiger partial charge in [0.2, 0.25) is 0 Å². The molecule has 0 spiro atoms. The molecule has 2 aromatic heterocycles. The van der Waals surface area contributed by atoms with Gasteiger partial charge < -0.3 is 0 Å². The van der Waals surface area contributed by atoms with Crippen LogP contribution in [0.3, 0.4) is 0 Å². The van der Waals surface area contributed by atoms with Gasteiger partial charge in [-0.1, -0.05) is 0 Å². The first kappa shape index (κ1) is 11.3. The first-order chi connectivity index (χ1) is 7.32. The number of hydrogen-bond donors (Lipinski definition) is 0. The Morgan fingerprint density at radius 1 is 1.31 bits per heavy atom. The van der Waals surface area contributed by atoms with Gasteiger partial charge in [-0.2, -0.15) is 0 Å². The SMILES string of the molecule is Cc1sc2ncn(C(C)(C)C)c(=O)c2c1C. The van der Waals surface area contributed by atoms with E-state index < -0.39 is 0 Å². The van der Waals surface area contributed by atoms with E-state index in [1.54, 1.807) is 22.2 Å². The molecule has 0 saturated carbocycles. The summed E-state index contributed by atoms with van der Waals surface area (Å²) in [6.07, 6.45) is 1.65. The predicted octanol–water partition coefficient (Wildman–Crippen LogP) is 2.83. The van der Waals surface area contributed by atoms with E-state index in [0.29, 0.717) is 0 Å². The van der Waals surface area contributed by atoms with Crippen LogP contribution in [-0.4, -0.2) is 9.55 Å². The van der Waals surface area contributed by atoms with Crippen molar-refractivity contribution in [3.05, 3.63) is 27.1 Å². The minimum Gasteiger partial charge on any atom is -0.293 e. The molecule has 0 atom stereocenters. The van der Waals surface area contributed by atoms with Crippen molar-refractivity contribution in [3.8, 4) is 0 Å². The van der Waals surface area contributed by atoms with Gasteiger partial charge in [-0.25, -0.2) is 4.98 Å². The summed E-state index contributed by atoms with van der Waals surface area (Å²) in [7, 11) is 0. The molecule has 0 unspecified atom stereocenters. The normalized spacial score (nSPS) is 12.3. The number of thiophene rings is 1. The molecule has 0 radical (unpaired) electrons. The highest BCUT2D eigenvalue weighted by atomic mass is 32.1. The summed E-state index contributed by atoms with van der Waals surface area (Å²) < 4.78 is 1.70. The Morgan fingerprint density at radius 3 is 2.50 bits per heavy atom. The molecule has 86 valence electrons. The molecule has 2 aromatic rings. The lowest BCUT2D eigenvalue weighted by Gasteiger charge is -2.21. The summed E-state index contributed by atoms with van der Waals surface area (Å²) in [5.74, 6) is 0. The molecule has 0 saturated heterocycles. The fraction of sp³-hybridized carbons (Fsp3) is 0.500. The van der Waals surface area contributed by atoms with Crippen LogP contribution in [-0.2, 0) is 5.54 Å². The summed E-state index contributed by atoms with van der Waals surface area (Å²) in [6.45, 7) is 10.1. The van der Waals surface area contributed by atoms with Crippen molar-refractivity contribution in [2.24, 2.45) is 0 Å². The van der Waals surface area contributed by atoms with Crippen molar-refractivity contribution < 1.29 is 0 Å². The van der Waals surface area contributed by atoms with Crippen molar-refractivity contribution >= 4 is 21.6 Å². The molecule has 2 heterocycles. The molecule has 16 heavy (non-hydrogen) atoms. The van der Waals surface area contributed by atoms with Crippen LogP contribution in [0.15, 0.2) is 11.1 Å². The third kappa shape index (κ3) is 1.57. The molecule has 2 rings (SSSR count). The van der Waals surface area contributed by atoms with E-state index >= 15 is 0 Å². The average molecular weight is 236 g/mol. The Balaban J connectivity index is 2.90. The van der Waals surface area contributed by atoms with Gasteiger partial charge >= 0.3 is 0 Å². The zero-order valence-corrected chi connectivity index (χ0v) is 11.1. The lowest BCUT2D eigenvalue weighted by Crippen LogP contribution is -2.33. The number of nitrogens with zero attached hydrogens (tertiary/aromatic N) is 2. The molecule has 0 N–H and O–H groups in total. The standard InChI is InChI=1S/C12H16N2OS/c1-7-8(2)16-10-9(7)11(15)14(6-13-10)12(3,4)5/h6H,1-5H3. The van der Waals surface area contributed by atoms with Gasteiger partial charge in [0.05, 0.1) is 11.7 Å². The lowest BCUT2D eigenvalue weighted by atomic mass is 10.1. The van der Waals surface area contributed by atoms with Crippen molar-refractivity contribution in [1.29, 1.82) is 0 Å². The van der Waals surface area contributed by atoms with Gasteiger partial charge in [0, 0.05) is 10.4 Å². The van der Waals surface area contributed by atoms with Crippen molar-refractivity contribution in [3.63, 3.8) is 0 Å². The maximum atomic E-state index is 12.3. The average Bonchev–Trinajstić information content (AvgIpc) is 2.41. The van der Waals surface area contributed by atoms with E-state index in [0.717, 1.165) is 15.8 Å². The highest BCUT2D eigenvalue weighted by Gasteiger charge is 2.18. The van der Waals surface area contributed by atoms with Gasteiger partial charge in [-0.15, -0.1) is 11.3 Å². The summed E-state index contributed by atoms with van der Waals surface area (Å²) in [5.41, 5.74) is 0.913. The summed E-state index contributed by atoms with van der Waals surface area (Å²) >= 11 is 1.59. The molecule has 0 aromatic carbocycles. The van der Waals surface area contributed by atoms with E-state index in [2.05, 4.69) is 4.98 Å². The van der Waals surface area contributed by atoms with Gasteiger partial charge in [0.25, 0.3) is 5.56 Å². The maximum absolute atomic E-state index is 12.3. The topological polar surface area (TPSA) is 34.9 Å². The third-order valence-corrected chi connectivity index (χ3v) is 3.93. The number of rotatable bonds is 0. The van der Waals surface area contributed by atoms with Gasteiger partial charge in [-0.05, 0) is 40.2 Å². The highest BCUT2D eigenvalue weighted by Crippen LogP contribution is 2.26. The Labute approximate surface area is 98.8 Å². The Kier molecular flexibility index (Phi) is 2.42. The van der Waals surface area contributed by atoms with Crippen LogP contribution in [0.25, 0.3) is 10.2 Å². The molecule has 0 aliphatic rings. The Bertz CT molecular complexity index is 602. The van der Waals surface area contributed by atoms with Crippen molar-refractivity contribution in [1.82, 2.24) is 9.55 Å². The second kappa shape index (κ2) is 3.42. The molecule has 0 aliphatic heterocycles. The molecule has 0 bridgehead atoms. The van der Waals surface area contributed by atoms with E-state index in [1.165, 1.54) is 4.88 Å². The largest absolute Gasteiger partial charge is 0.293 e. The Hall–Kier alpha value is -1.16. The smallest absolute Gasteiger partial charge is 0.262 e. The summed E-state index contributed by atoms with van der Waals surface area (Å²) in [5, 5.41) is 0.778. The predicted molar refractivity (Wildman–Crippen MR) is 68.4 cm³/mol. The highest BCUT2D eigenvalue weighted by molar-refractivity contribution is 7.18. The molecular formula is C12H16N2OS. The summed E-state index contributed by atoms with van der Waals surface area (Å²) in [4.78, 5) is 18.7. The minimum atomic E-state index is -0.222. The van der Waals surface area contributed by atoms with Crippen molar-refractivity contribution in [2.45, 2.75) is 40.2 Å². The second-order valence-corrected chi connectivity index (χ2v) is 6.26. The van der Waals surface area contributed by atoms with Crippen LogP contribution in [0.4, 0.5) is 0 Å². The van der Waals surface area contributed by atoms with Crippen molar-refractivity contribution in [2.75, 3.05) is 0 Å². The van der Waals surface area contributed by atoms with Gasteiger partial charge in [0.1, 0.15) is 4.83 Å². The zero-order chi connectivity index (χ0) is 12.1. The first-order valence-electron chi connectivity index (χ1n) is 5.30. The monoisotopic (exact) mass is 236 g/mol. The van der Waals surface area contributed by atoms with E-state index in [1.807, 2.05) is 34.6 Å². The molecule has 0 amide bonds. The van der Waals surface area contributed by atoms with Crippen LogP contribution >= 0.6 is 11.3 Å².